The first-order valence-corrected chi connectivity index (χ1v) is 17.7. The van der Waals surface area contributed by atoms with E-state index in [4.69, 9.17) is 25.2 Å². The number of pyridine rings is 1. The SMILES string of the molecule is CCOc1ccc(F)c(C(C(=O)NCc2cc(NC(=O)OCC(C)C)ccc2S(=O)(=O)CC)N(N)c2ccc3cnccc3c2)c1.O=C(O)C(F)(F)F. The number of nitrogens with zero attached hydrogens (tertiary/aromatic N) is 2. The number of carbonyl (C=O) groups excluding carboxylic acids is 2. The van der Waals surface area contributed by atoms with Crippen molar-refractivity contribution in [3.05, 3.63) is 90.0 Å². The summed E-state index contributed by atoms with van der Waals surface area (Å²) in [5, 5.41) is 15.2. The molecule has 4 aromatic rings. The molecule has 3 aromatic carbocycles. The number of fused-ring (bicyclic) bond motifs is 1. The molecule has 1 heterocycles. The van der Waals surface area contributed by atoms with E-state index in [9.17, 15) is 31.2 Å². The van der Waals surface area contributed by atoms with Gasteiger partial charge in [0.2, 0.25) is 5.91 Å². The van der Waals surface area contributed by atoms with Crippen LogP contribution in [0, 0.1) is 11.7 Å². The smallest absolute Gasteiger partial charge is 0.490 e. The van der Waals surface area contributed by atoms with Gasteiger partial charge in [0.05, 0.1) is 29.5 Å². The lowest BCUT2D eigenvalue weighted by Crippen LogP contribution is -2.45. The Kier molecular flexibility index (Phi) is 14.5. The number of nitrogens with two attached hydrogens (primary N) is 1. The Morgan fingerprint density at radius 2 is 1.70 bits per heavy atom. The van der Waals surface area contributed by atoms with Crippen molar-refractivity contribution in [3.8, 4) is 5.75 Å². The molecule has 2 amide bonds. The van der Waals surface area contributed by atoms with Crippen LogP contribution in [0.1, 0.15) is 44.9 Å². The fourth-order valence-electron chi connectivity index (χ4n) is 4.72. The average Bonchev–Trinajstić information content (AvgIpc) is 3.11. The summed E-state index contributed by atoms with van der Waals surface area (Å²) in [6, 6.07) is 13.9. The summed E-state index contributed by atoms with van der Waals surface area (Å²) in [5.74, 6) is 2.68. The van der Waals surface area contributed by atoms with Crippen molar-refractivity contribution in [2.24, 2.45) is 11.8 Å². The van der Waals surface area contributed by atoms with Gasteiger partial charge in [-0.25, -0.2) is 28.2 Å². The molecule has 4 rings (SSSR count). The highest BCUT2D eigenvalue weighted by atomic mass is 32.2. The van der Waals surface area contributed by atoms with Crippen molar-refractivity contribution in [1.82, 2.24) is 10.3 Å². The molecule has 0 aliphatic carbocycles. The number of sulfone groups is 1. The lowest BCUT2D eigenvalue weighted by molar-refractivity contribution is -0.192. The van der Waals surface area contributed by atoms with Gasteiger partial charge in [0, 0.05) is 35.6 Å². The van der Waals surface area contributed by atoms with Gasteiger partial charge >= 0.3 is 18.2 Å². The number of ether oxygens (including phenoxy) is 2. The molecule has 0 saturated carbocycles. The molecule has 13 nitrogen and oxygen atoms in total. The Hall–Kier alpha value is -5.49. The Morgan fingerprint density at radius 1 is 1.00 bits per heavy atom. The second kappa shape index (κ2) is 18.3. The predicted molar refractivity (Wildman–Crippen MR) is 188 cm³/mol. The second-order valence-corrected chi connectivity index (χ2v) is 13.9. The van der Waals surface area contributed by atoms with Gasteiger partial charge < -0.3 is 19.9 Å². The number of benzene rings is 3. The number of carbonyl (C=O) groups is 3. The molecular formula is C35H39F4N5O8S. The summed E-state index contributed by atoms with van der Waals surface area (Å²) in [4.78, 5) is 39.2. The number of carboxylic acids is 1. The number of hydrogen-bond acceptors (Lipinski definition) is 10. The topological polar surface area (TPSA) is 190 Å². The number of nitrogens with one attached hydrogen (secondary N) is 2. The van der Waals surface area contributed by atoms with Crippen molar-refractivity contribution < 1.29 is 54.9 Å². The number of carboxylic acid groups (broad SMARTS) is 1. The Balaban J connectivity index is 0.000000980. The summed E-state index contributed by atoms with van der Waals surface area (Å²) in [5.41, 5.74) is 0.845. The molecule has 0 saturated heterocycles. The number of aromatic nitrogens is 1. The normalized spacial score (nSPS) is 12.0. The maximum atomic E-state index is 15.4. The first-order chi connectivity index (χ1) is 24.9. The number of hydrazine groups is 1. The minimum Gasteiger partial charge on any atom is -0.494 e. The molecule has 0 aliphatic heterocycles. The van der Waals surface area contributed by atoms with Crippen LogP contribution >= 0.6 is 0 Å². The van der Waals surface area contributed by atoms with Crippen LogP contribution in [-0.2, 0) is 30.7 Å². The number of rotatable bonds is 13. The van der Waals surface area contributed by atoms with Gasteiger partial charge in [0.1, 0.15) is 11.6 Å². The largest absolute Gasteiger partial charge is 0.494 e. The highest BCUT2D eigenvalue weighted by Gasteiger charge is 2.38. The van der Waals surface area contributed by atoms with E-state index in [1.54, 1.807) is 43.6 Å². The first kappa shape index (κ1) is 41.9. The van der Waals surface area contributed by atoms with Crippen LogP contribution in [-0.4, -0.2) is 61.6 Å². The minimum absolute atomic E-state index is 0.0229. The predicted octanol–water partition coefficient (Wildman–Crippen LogP) is 6.14. The molecule has 5 N–H and O–H groups in total. The standard InChI is InChI=1S/C33H38FN5O6S.C2HF3O2/c1-5-44-27-10-11-29(34)28(17-27)31(39(35)26-9-7-23-18-36-14-13-22(23)16-26)32(40)37-19-24-15-25(38-33(41)45-20-21(3)4)8-12-30(24)46(42,43)6-2;3-2(4,5)1(6)7/h7-18,21,31H,5-6,19-20,35H2,1-4H3,(H,37,40)(H,38,41);(H,6,7). The molecule has 53 heavy (non-hydrogen) atoms. The Bertz CT molecular complexity index is 2030. The highest BCUT2D eigenvalue weighted by molar-refractivity contribution is 7.91. The molecule has 1 aromatic heterocycles. The van der Waals surface area contributed by atoms with Crippen molar-refractivity contribution >= 4 is 50.0 Å². The number of halogens is 4. The third-order valence-corrected chi connectivity index (χ3v) is 9.12. The average molecular weight is 766 g/mol. The van der Waals surface area contributed by atoms with E-state index in [-0.39, 0.29) is 46.5 Å². The van der Waals surface area contributed by atoms with Crippen LogP contribution in [0.15, 0.2) is 78.0 Å². The molecule has 1 atom stereocenters. The van der Waals surface area contributed by atoms with E-state index in [2.05, 4.69) is 15.6 Å². The maximum absolute atomic E-state index is 15.4. The van der Waals surface area contributed by atoms with E-state index in [0.717, 1.165) is 15.8 Å². The summed E-state index contributed by atoms with van der Waals surface area (Å²) >= 11 is 0. The minimum atomic E-state index is -5.08. The summed E-state index contributed by atoms with van der Waals surface area (Å²) in [6.07, 6.45) is -2.48. The van der Waals surface area contributed by atoms with E-state index in [1.165, 1.54) is 43.3 Å². The van der Waals surface area contributed by atoms with E-state index < -0.39 is 45.8 Å². The monoisotopic (exact) mass is 765 g/mol. The number of alkyl halides is 3. The zero-order valence-electron chi connectivity index (χ0n) is 29.1. The Labute approximate surface area is 303 Å². The van der Waals surface area contributed by atoms with Crippen LogP contribution in [0.5, 0.6) is 5.75 Å². The summed E-state index contributed by atoms with van der Waals surface area (Å²) in [6.45, 7) is 7.31. The van der Waals surface area contributed by atoms with Gasteiger partial charge in [-0.15, -0.1) is 0 Å². The van der Waals surface area contributed by atoms with E-state index in [1.807, 2.05) is 13.8 Å². The highest BCUT2D eigenvalue weighted by Crippen LogP contribution is 2.31. The Morgan fingerprint density at radius 3 is 2.32 bits per heavy atom. The van der Waals surface area contributed by atoms with Crippen molar-refractivity contribution in [2.75, 3.05) is 29.3 Å². The second-order valence-electron chi connectivity index (χ2n) is 11.7. The third kappa shape index (κ3) is 11.8. The zero-order valence-corrected chi connectivity index (χ0v) is 29.9. The zero-order chi connectivity index (χ0) is 39.5. The molecule has 18 heteroatoms. The molecule has 0 spiro atoms. The van der Waals surface area contributed by atoms with Crippen LogP contribution in [0.4, 0.5) is 33.7 Å². The molecule has 0 aliphatic rings. The molecule has 1 unspecified atom stereocenters. The third-order valence-electron chi connectivity index (χ3n) is 7.29. The first-order valence-electron chi connectivity index (χ1n) is 16.0. The van der Waals surface area contributed by atoms with Crippen LogP contribution in [0.25, 0.3) is 10.8 Å². The van der Waals surface area contributed by atoms with Gasteiger partial charge in [-0.3, -0.25) is 20.1 Å². The number of anilines is 2. The fraction of sp³-hybridized carbons (Fsp3) is 0.314. The van der Waals surface area contributed by atoms with Gasteiger partial charge in [-0.1, -0.05) is 26.8 Å². The van der Waals surface area contributed by atoms with Crippen LogP contribution < -0.4 is 26.2 Å². The molecule has 0 bridgehead atoms. The van der Waals surface area contributed by atoms with Crippen molar-refractivity contribution in [3.63, 3.8) is 0 Å². The molecule has 0 radical (unpaired) electrons. The lowest BCUT2D eigenvalue weighted by atomic mass is 10.0. The van der Waals surface area contributed by atoms with Crippen molar-refractivity contribution in [2.45, 2.75) is 51.4 Å². The number of aliphatic carboxylic acids is 1. The fourth-order valence-corrected chi connectivity index (χ4v) is 5.83. The molecule has 286 valence electrons. The van der Waals surface area contributed by atoms with Gasteiger partial charge in [-0.05, 0) is 78.4 Å². The molecule has 0 fully saturated rings. The number of hydrogen-bond donors (Lipinski definition) is 4. The summed E-state index contributed by atoms with van der Waals surface area (Å²) in [7, 11) is -3.73. The van der Waals surface area contributed by atoms with Crippen LogP contribution in [0.2, 0.25) is 0 Å². The van der Waals surface area contributed by atoms with Gasteiger partial charge in [-0.2, -0.15) is 13.2 Å². The van der Waals surface area contributed by atoms with Gasteiger partial charge in [0.25, 0.3) is 0 Å². The number of amides is 2. The van der Waals surface area contributed by atoms with E-state index >= 15 is 4.39 Å². The van der Waals surface area contributed by atoms with Gasteiger partial charge in [0.15, 0.2) is 15.9 Å². The summed E-state index contributed by atoms with van der Waals surface area (Å²) < 4.78 is 83.8. The maximum Gasteiger partial charge on any atom is 0.490 e. The lowest BCUT2D eigenvalue weighted by Gasteiger charge is -2.29. The quantitative estimate of drug-likeness (QED) is 0.0695. The van der Waals surface area contributed by atoms with Crippen LogP contribution in [0.3, 0.4) is 0 Å². The molecular weight excluding hydrogens is 726 g/mol. The van der Waals surface area contributed by atoms with E-state index in [0.29, 0.717) is 18.0 Å². The van der Waals surface area contributed by atoms with Crippen molar-refractivity contribution in [1.29, 1.82) is 0 Å².